The van der Waals surface area contributed by atoms with Crippen molar-refractivity contribution < 1.29 is 29.9 Å². The van der Waals surface area contributed by atoms with Crippen LogP contribution in [0, 0.1) is 5.92 Å². The lowest BCUT2D eigenvalue weighted by molar-refractivity contribution is -0.144. The van der Waals surface area contributed by atoms with Crippen LogP contribution in [0.1, 0.15) is 18.4 Å². The number of hydrogen-bond donors (Lipinski definition) is 6. The molecular formula is C17H26BN3O6. The molecule has 1 fully saturated rings. The summed E-state index contributed by atoms with van der Waals surface area (Å²) in [5.41, 5.74) is 11.3. The van der Waals surface area contributed by atoms with Crippen LogP contribution < -0.4 is 11.5 Å². The van der Waals surface area contributed by atoms with E-state index in [1.54, 1.807) is 12.1 Å². The number of hydrogen-bond acceptors (Lipinski definition) is 7. The normalized spacial score (nSPS) is 23.3. The third kappa shape index (κ3) is 5.19. The topological polar surface area (TPSA) is 170 Å². The first-order valence-corrected chi connectivity index (χ1v) is 8.84. The molecule has 1 amide bonds. The van der Waals surface area contributed by atoms with Gasteiger partial charge >= 0.3 is 13.1 Å². The average Bonchev–Trinajstić information content (AvgIpc) is 2.94. The van der Waals surface area contributed by atoms with Crippen molar-refractivity contribution in [1.29, 1.82) is 0 Å². The molecule has 10 heteroatoms. The summed E-state index contributed by atoms with van der Waals surface area (Å²) in [5.74, 6) is -1.97. The number of rotatable bonds is 8. The molecule has 1 heterocycles. The second-order valence-electron chi connectivity index (χ2n) is 7.15. The summed E-state index contributed by atoms with van der Waals surface area (Å²) in [7, 11) is -1.46. The molecule has 2 rings (SSSR count). The van der Waals surface area contributed by atoms with Gasteiger partial charge in [-0.25, -0.2) is 0 Å². The van der Waals surface area contributed by atoms with E-state index in [0.29, 0.717) is 12.8 Å². The van der Waals surface area contributed by atoms with E-state index in [1.165, 1.54) is 17.0 Å². The van der Waals surface area contributed by atoms with Crippen LogP contribution in [-0.2, 0) is 16.0 Å². The molecule has 0 aromatic heterocycles. The zero-order valence-corrected chi connectivity index (χ0v) is 15.0. The third-order valence-corrected chi connectivity index (χ3v) is 5.06. The number of carbonyl (C=O) groups excluding carboxylic acids is 1. The van der Waals surface area contributed by atoms with E-state index in [9.17, 15) is 19.8 Å². The summed E-state index contributed by atoms with van der Waals surface area (Å²) >= 11 is 0. The largest absolute Gasteiger partial charge is 0.508 e. The molecule has 148 valence electrons. The Balaban J connectivity index is 2.02. The molecule has 27 heavy (non-hydrogen) atoms. The highest BCUT2D eigenvalue weighted by atomic mass is 16.4. The van der Waals surface area contributed by atoms with E-state index in [2.05, 4.69) is 0 Å². The lowest BCUT2D eigenvalue weighted by atomic mass is 9.78. The van der Waals surface area contributed by atoms with Crippen molar-refractivity contribution in [2.75, 3.05) is 13.1 Å². The van der Waals surface area contributed by atoms with Crippen molar-refractivity contribution >= 4 is 19.0 Å². The minimum absolute atomic E-state index is 0.112. The molecular weight excluding hydrogens is 353 g/mol. The van der Waals surface area contributed by atoms with Gasteiger partial charge in [-0.15, -0.1) is 0 Å². The van der Waals surface area contributed by atoms with Gasteiger partial charge in [-0.1, -0.05) is 18.6 Å². The quantitative estimate of drug-likeness (QED) is 0.304. The van der Waals surface area contributed by atoms with Crippen LogP contribution in [0.25, 0.3) is 0 Å². The molecule has 1 saturated heterocycles. The van der Waals surface area contributed by atoms with Gasteiger partial charge in [0.05, 0.1) is 6.04 Å². The monoisotopic (exact) mass is 379 g/mol. The van der Waals surface area contributed by atoms with Crippen molar-refractivity contribution in [3.63, 3.8) is 0 Å². The number of benzene rings is 1. The fourth-order valence-corrected chi connectivity index (χ4v) is 3.45. The lowest BCUT2D eigenvalue weighted by Crippen LogP contribution is -2.55. The van der Waals surface area contributed by atoms with E-state index in [1.807, 2.05) is 0 Å². The minimum atomic E-state index is -1.59. The first kappa shape index (κ1) is 21.2. The Morgan fingerprint density at radius 2 is 1.93 bits per heavy atom. The van der Waals surface area contributed by atoms with Crippen LogP contribution >= 0.6 is 0 Å². The van der Waals surface area contributed by atoms with E-state index in [4.69, 9.17) is 21.5 Å². The second-order valence-corrected chi connectivity index (χ2v) is 7.15. The molecule has 0 aliphatic carbocycles. The number of aliphatic carboxylic acids is 1. The summed E-state index contributed by atoms with van der Waals surface area (Å²) in [5, 5.41) is 36.7. The smallest absolute Gasteiger partial charge is 0.451 e. The molecule has 1 aromatic rings. The fraction of sp³-hybridized carbons (Fsp3) is 0.529. The van der Waals surface area contributed by atoms with Gasteiger partial charge in [0, 0.05) is 19.0 Å². The highest BCUT2D eigenvalue weighted by Crippen LogP contribution is 2.31. The summed E-state index contributed by atoms with van der Waals surface area (Å²) in [4.78, 5) is 25.7. The van der Waals surface area contributed by atoms with Crippen LogP contribution in [-0.4, -0.2) is 68.8 Å². The summed E-state index contributed by atoms with van der Waals surface area (Å²) < 4.78 is 0. The molecule has 0 saturated carbocycles. The molecule has 3 atom stereocenters. The molecule has 8 N–H and O–H groups in total. The molecule has 0 bridgehead atoms. The van der Waals surface area contributed by atoms with Crippen molar-refractivity contribution in [1.82, 2.24) is 4.90 Å². The maximum Gasteiger partial charge on any atom is 0.451 e. The SMILES string of the molecule is N[C@@H](Cc1ccc(O)cc1)C(=O)N1CC(CCCB(O)O)[C@](N)(C(=O)O)C1. The fourth-order valence-electron chi connectivity index (χ4n) is 3.45. The number of phenolic OH excluding ortho intramolecular Hbond substituents is 1. The number of amides is 1. The van der Waals surface area contributed by atoms with Gasteiger partial charge in [0.15, 0.2) is 0 Å². The number of phenols is 1. The van der Waals surface area contributed by atoms with E-state index in [-0.39, 0.29) is 37.5 Å². The van der Waals surface area contributed by atoms with E-state index in [0.717, 1.165) is 5.56 Å². The van der Waals surface area contributed by atoms with Crippen LogP contribution in [0.2, 0.25) is 6.32 Å². The average molecular weight is 379 g/mol. The summed E-state index contributed by atoms with van der Waals surface area (Å²) in [6.45, 7) is 0.0171. The Kier molecular flexibility index (Phi) is 6.82. The number of aromatic hydroxyl groups is 1. The zero-order valence-electron chi connectivity index (χ0n) is 15.0. The van der Waals surface area contributed by atoms with Gasteiger partial charge in [-0.2, -0.15) is 0 Å². The molecule has 1 aliphatic rings. The van der Waals surface area contributed by atoms with Crippen molar-refractivity contribution in [2.24, 2.45) is 17.4 Å². The number of likely N-dealkylation sites (tertiary alicyclic amines) is 1. The van der Waals surface area contributed by atoms with Gasteiger partial charge in [-0.3, -0.25) is 9.59 Å². The highest BCUT2D eigenvalue weighted by molar-refractivity contribution is 6.40. The summed E-state index contributed by atoms with van der Waals surface area (Å²) in [6.07, 6.45) is 1.11. The molecule has 1 aliphatic heterocycles. The van der Waals surface area contributed by atoms with Crippen molar-refractivity contribution in [3.8, 4) is 5.75 Å². The molecule has 1 aromatic carbocycles. The maximum atomic E-state index is 12.7. The maximum absolute atomic E-state index is 12.7. The number of carboxylic acids is 1. The Hall–Kier alpha value is -2.14. The van der Waals surface area contributed by atoms with Gasteiger partial charge < -0.3 is 36.6 Å². The van der Waals surface area contributed by atoms with Crippen LogP contribution in [0.4, 0.5) is 0 Å². The van der Waals surface area contributed by atoms with Crippen LogP contribution in [0.3, 0.4) is 0 Å². The van der Waals surface area contributed by atoms with E-state index >= 15 is 0 Å². The number of nitrogens with two attached hydrogens (primary N) is 2. The van der Waals surface area contributed by atoms with Gasteiger partial charge in [0.1, 0.15) is 11.3 Å². The Morgan fingerprint density at radius 1 is 1.30 bits per heavy atom. The predicted molar refractivity (Wildman–Crippen MR) is 98.6 cm³/mol. The number of carbonyl (C=O) groups is 2. The van der Waals surface area contributed by atoms with Crippen LogP contribution in [0.5, 0.6) is 5.75 Å². The first-order valence-electron chi connectivity index (χ1n) is 8.84. The zero-order chi connectivity index (χ0) is 20.2. The van der Waals surface area contributed by atoms with Crippen molar-refractivity contribution in [3.05, 3.63) is 29.8 Å². The lowest BCUT2D eigenvalue weighted by Gasteiger charge is -2.25. The van der Waals surface area contributed by atoms with Gasteiger partial charge in [0.2, 0.25) is 5.91 Å². The Bertz CT molecular complexity index is 671. The van der Waals surface area contributed by atoms with Crippen molar-refractivity contribution in [2.45, 2.75) is 37.2 Å². The van der Waals surface area contributed by atoms with Gasteiger partial charge in [0.25, 0.3) is 0 Å². The van der Waals surface area contributed by atoms with Crippen LogP contribution in [0.15, 0.2) is 24.3 Å². The van der Waals surface area contributed by atoms with Gasteiger partial charge in [-0.05, 0) is 36.9 Å². The number of carboxylic acid groups (broad SMARTS) is 1. The standard InChI is InChI=1S/C17H26BN3O6/c19-14(8-11-3-5-13(22)6-4-11)15(23)21-9-12(2-1-7-18(26)27)17(20,10-21)16(24)25/h3-6,12,14,22,26-27H,1-2,7-10,19-20H2,(H,24,25)/t12?,14-,17-/m0/s1. The molecule has 9 nitrogen and oxygen atoms in total. The second kappa shape index (κ2) is 8.70. The third-order valence-electron chi connectivity index (χ3n) is 5.06. The summed E-state index contributed by atoms with van der Waals surface area (Å²) in [6, 6.07) is 5.48. The Morgan fingerprint density at radius 3 is 2.48 bits per heavy atom. The predicted octanol–water partition coefficient (Wildman–Crippen LogP) is -1.24. The highest BCUT2D eigenvalue weighted by Gasteiger charge is 2.50. The minimum Gasteiger partial charge on any atom is -0.508 e. The van der Waals surface area contributed by atoms with E-state index < -0.39 is 30.6 Å². The molecule has 1 unspecified atom stereocenters. The molecule has 0 spiro atoms. The molecule has 0 radical (unpaired) electrons. The Labute approximate surface area is 157 Å². The number of nitrogens with zero attached hydrogens (tertiary/aromatic N) is 1. The first-order chi connectivity index (χ1) is 12.6.